The normalized spacial score (nSPS) is 9.80. The van der Waals surface area contributed by atoms with Crippen LogP contribution >= 0.6 is 0 Å². The fourth-order valence-electron chi connectivity index (χ4n) is 1.39. The number of ketones is 1. The van der Waals surface area contributed by atoms with Crippen molar-refractivity contribution in [2.75, 3.05) is 14.2 Å². The number of rotatable bonds is 5. The van der Waals surface area contributed by atoms with Gasteiger partial charge in [0.15, 0.2) is 5.78 Å². The second kappa shape index (κ2) is 5.39. The maximum atomic E-state index is 11.8. The summed E-state index contributed by atoms with van der Waals surface area (Å²) in [6.07, 6.45) is 1.36. The van der Waals surface area contributed by atoms with Gasteiger partial charge in [-0.25, -0.2) is 0 Å². The van der Waals surface area contributed by atoms with E-state index in [0.29, 0.717) is 23.5 Å². The van der Waals surface area contributed by atoms with Crippen LogP contribution in [0.1, 0.15) is 30.1 Å². The van der Waals surface area contributed by atoms with E-state index < -0.39 is 0 Å². The second-order valence-corrected chi connectivity index (χ2v) is 3.24. The Morgan fingerprint density at radius 1 is 1.27 bits per heavy atom. The van der Waals surface area contributed by atoms with E-state index in [4.69, 9.17) is 9.47 Å². The number of carbonyl (C=O) groups excluding carboxylic acids is 1. The number of Topliss-reactive ketones (excluding diaryl/α,β-unsaturated/α-hetero) is 1. The molecule has 0 saturated carbocycles. The Morgan fingerprint density at radius 3 is 2.53 bits per heavy atom. The van der Waals surface area contributed by atoms with Gasteiger partial charge in [-0.1, -0.05) is 6.92 Å². The average Bonchev–Trinajstić information content (AvgIpc) is 2.28. The molecule has 0 fully saturated rings. The van der Waals surface area contributed by atoms with Crippen molar-refractivity contribution < 1.29 is 14.3 Å². The first-order valence-corrected chi connectivity index (χ1v) is 4.98. The monoisotopic (exact) mass is 208 g/mol. The highest BCUT2D eigenvalue weighted by atomic mass is 16.5. The zero-order chi connectivity index (χ0) is 11.3. The van der Waals surface area contributed by atoms with Gasteiger partial charge in [-0.2, -0.15) is 0 Å². The van der Waals surface area contributed by atoms with Crippen molar-refractivity contribution in [2.24, 2.45) is 0 Å². The lowest BCUT2D eigenvalue weighted by Gasteiger charge is -2.08. The van der Waals surface area contributed by atoms with Crippen LogP contribution in [-0.4, -0.2) is 20.0 Å². The van der Waals surface area contributed by atoms with E-state index in [-0.39, 0.29) is 5.78 Å². The summed E-state index contributed by atoms with van der Waals surface area (Å²) in [6, 6.07) is 5.25. The van der Waals surface area contributed by atoms with Gasteiger partial charge in [0.1, 0.15) is 11.5 Å². The molecule has 0 spiro atoms. The van der Waals surface area contributed by atoms with Gasteiger partial charge in [0.2, 0.25) is 0 Å². The summed E-state index contributed by atoms with van der Waals surface area (Å²) >= 11 is 0. The SMILES string of the molecule is CCCC(=O)c1cc(OC)ccc1OC. The minimum atomic E-state index is 0.0910. The lowest BCUT2D eigenvalue weighted by Crippen LogP contribution is -2.02. The molecule has 0 atom stereocenters. The maximum absolute atomic E-state index is 11.8. The predicted octanol–water partition coefficient (Wildman–Crippen LogP) is 2.69. The second-order valence-electron chi connectivity index (χ2n) is 3.24. The lowest BCUT2D eigenvalue weighted by atomic mass is 10.1. The van der Waals surface area contributed by atoms with E-state index >= 15 is 0 Å². The van der Waals surface area contributed by atoms with Crippen LogP contribution < -0.4 is 9.47 Å². The molecule has 0 N–H and O–H groups in total. The number of ether oxygens (including phenoxy) is 2. The van der Waals surface area contributed by atoms with Crippen molar-refractivity contribution in [3.8, 4) is 11.5 Å². The van der Waals surface area contributed by atoms with Crippen LogP contribution in [0.25, 0.3) is 0 Å². The number of benzene rings is 1. The van der Waals surface area contributed by atoms with Gasteiger partial charge in [0.25, 0.3) is 0 Å². The Bertz CT molecular complexity index is 345. The fraction of sp³-hybridized carbons (Fsp3) is 0.417. The molecule has 0 bridgehead atoms. The van der Waals surface area contributed by atoms with Crippen molar-refractivity contribution >= 4 is 5.78 Å². The minimum absolute atomic E-state index is 0.0910. The molecule has 15 heavy (non-hydrogen) atoms. The smallest absolute Gasteiger partial charge is 0.166 e. The largest absolute Gasteiger partial charge is 0.497 e. The van der Waals surface area contributed by atoms with Gasteiger partial charge in [-0.15, -0.1) is 0 Å². The first kappa shape index (κ1) is 11.6. The molecule has 0 aliphatic rings. The van der Waals surface area contributed by atoms with E-state index in [1.54, 1.807) is 32.4 Å². The van der Waals surface area contributed by atoms with E-state index in [1.165, 1.54) is 0 Å². The van der Waals surface area contributed by atoms with Crippen LogP contribution in [0.15, 0.2) is 18.2 Å². The molecule has 3 nitrogen and oxygen atoms in total. The number of hydrogen-bond acceptors (Lipinski definition) is 3. The third-order valence-corrected chi connectivity index (χ3v) is 2.18. The van der Waals surface area contributed by atoms with Crippen LogP contribution in [-0.2, 0) is 0 Å². The van der Waals surface area contributed by atoms with Crippen molar-refractivity contribution in [1.29, 1.82) is 0 Å². The molecule has 0 aliphatic heterocycles. The molecule has 0 unspecified atom stereocenters. The molecular formula is C12H16O3. The summed E-state index contributed by atoms with van der Waals surface area (Å²) < 4.78 is 10.2. The lowest BCUT2D eigenvalue weighted by molar-refractivity contribution is 0.0978. The predicted molar refractivity (Wildman–Crippen MR) is 58.8 cm³/mol. The zero-order valence-electron chi connectivity index (χ0n) is 9.37. The van der Waals surface area contributed by atoms with Crippen molar-refractivity contribution in [2.45, 2.75) is 19.8 Å². The topological polar surface area (TPSA) is 35.5 Å². The quantitative estimate of drug-likeness (QED) is 0.698. The summed E-state index contributed by atoms with van der Waals surface area (Å²) in [5.74, 6) is 1.37. The van der Waals surface area contributed by atoms with Crippen LogP contribution in [0, 0.1) is 0 Å². The number of carbonyl (C=O) groups is 1. The van der Waals surface area contributed by atoms with E-state index in [9.17, 15) is 4.79 Å². The Morgan fingerprint density at radius 2 is 2.00 bits per heavy atom. The highest BCUT2D eigenvalue weighted by Crippen LogP contribution is 2.25. The minimum Gasteiger partial charge on any atom is -0.497 e. The van der Waals surface area contributed by atoms with Crippen molar-refractivity contribution in [1.82, 2.24) is 0 Å². The molecule has 3 heteroatoms. The summed E-state index contributed by atoms with van der Waals surface area (Å²) in [6.45, 7) is 1.98. The molecule has 82 valence electrons. The van der Waals surface area contributed by atoms with Gasteiger partial charge in [0.05, 0.1) is 19.8 Å². The highest BCUT2D eigenvalue weighted by Gasteiger charge is 2.12. The summed E-state index contributed by atoms with van der Waals surface area (Å²) in [5.41, 5.74) is 0.596. The molecule has 0 amide bonds. The molecule has 1 rings (SSSR count). The van der Waals surface area contributed by atoms with Crippen molar-refractivity contribution in [3.63, 3.8) is 0 Å². The molecule has 0 saturated heterocycles. The summed E-state index contributed by atoms with van der Waals surface area (Å²) in [4.78, 5) is 11.8. The first-order valence-electron chi connectivity index (χ1n) is 4.98. The number of hydrogen-bond donors (Lipinski definition) is 0. The van der Waals surface area contributed by atoms with E-state index in [1.807, 2.05) is 6.92 Å². The molecule has 0 aromatic heterocycles. The van der Waals surface area contributed by atoms with Crippen LogP contribution in [0.4, 0.5) is 0 Å². The third kappa shape index (κ3) is 2.72. The Hall–Kier alpha value is -1.51. The average molecular weight is 208 g/mol. The molecular weight excluding hydrogens is 192 g/mol. The standard InChI is InChI=1S/C12H16O3/c1-4-5-11(13)10-8-9(14-2)6-7-12(10)15-3/h6-8H,4-5H2,1-3H3. The Balaban J connectivity index is 3.05. The first-order chi connectivity index (χ1) is 7.22. The van der Waals surface area contributed by atoms with Crippen molar-refractivity contribution in [3.05, 3.63) is 23.8 Å². The Kier molecular flexibility index (Phi) is 4.16. The molecule has 1 aromatic rings. The zero-order valence-corrected chi connectivity index (χ0v) is 9.37. The van der Waals surface area contributed by atoms with Gasteiger partial charge in [-0.3, -0.25) is 4.79 Å². The van der Waals surface area contributed by atoms with Gasteiger partial charge in [-0.05, 0) is 24.6 Å². The maximum Gasteiger partial charge on any atom is 0.166 e. The summed E-state index contributed by atoms with van der Waals surface area (Å²) in [7, 11) is 3.14. The highest BCUT2D eigenvalue weighted by molar-refractivity contribution is 5.99. The summed E-state index contributed by atoms with van der Waals surface area (Å²) in [5, 5.41) is 0. The molecule has 0 aliphatic carbocycles. The van der Waals surface area contributed by atoms with E-state index in [0.717, 1.165) is 6.42 Å². The van der Waals surface area contributed by atoms with Crippen LogP contribution in [0.5, 0.6) is 11.5 Å². The van der Waals surface area contributed by atoms with Gasteiger partial charge in [0, 0.05) is 6.42 Å². The van der Waals surface area contributed by atoms with Crippen LogP contribution in [0.2, 0.25) is 0 Å². The molecule has 1 aromatic carbocycles. The number of methoxy groups -OCH3 is 2. The Labute approximate surface area is 90.0 Å². The molecule has 0 heterocycles. The fourth-order valence-corrected chi connectivity index (χ4v) is 1.39. The van der Waals surface area contributed by atoms with Gasteiger partial charge < -0.3 is 9.47 Å². The van der Waals surface area contributed by atoms with E-state index in [2.05, 4.69) is 0 Å². The molecule has 0 radical (unpaired) electrons. The van der Waals surface area contributed by atoms with Crippen LogP contribution in [0.3, 0.4) is 0 Å². The van der Waals surface area contributed by atoms with Gasteiger partial charge >= 0.3 is 0 Å². The third-order valence-electron chi connectivity index (χ3n) is 2.18.